The summed E-state index contributed by atoms with van der Waals surface area (Å²) in [5.41, 5.74) is 0.253. The first-order valence-electron chi connectivity index (χ1n) is 8.30. The second-order valence-corrected chi connectivity index (χ2v) is 7.50. The molecule has 23 heavy (non-hydrogen) atoms. The van der Waals surface area contributed by atoms with Crippen LogP contribution in [0.4, 0.5) is 4.39 Å². The summed E-state index contributed by atoms with van der Waals surface area (Å²) in [7, 11) is 3.43. The van der Waals surface area contributed by atoms with Crippen molar-refractivity contribution >= 4 is 17.5 Å². The van der Waals surface area contributed by atoms with E-state index >= 15 is 0 Å². The normalized spacial score (nSPS) is 27.7. The van der Waals surface area contributed by atoms with Gasteiger partial charge in [-0.05, 0) is 56.0 Å². The Kier molecular flexibility index (Phi) is 4.65. The zero-order valence-electron chi connectivity index (χ0n) is 13.8. The van der Waals surface area contributed by atoms with E-state index in [0.717, 1.165) is 25.2 Å². The molecule has 0 N–H and O–H groups in total. The Bertz CT molecular complexity index is 593. The highest BCUT2D eigenvalue weighted by atomic mass is 35.5. The Morgan fingerprint density at radius 1 is 1.35 bits per heavy atom. The maximum atomic E-state index is 15.0. The molecular formula is C18H24ClFN2O. The molecule has 1 aromatic rings. The second kappa shape index (κ2) is 6.40. The number of hydrogen-bond donors (Lipinski definition) is 0. The van der Waals surface area contributed by atoms with Crippen molar-refractivity contribution in [2.75, 3.05) is 27.2 Å². The van der Waals surface area contributed by atoms with E-state index in [9.17, 15) is 9.18 Å². The molecule has 0 aromatic heterocycles. The maximum absolute atomic E-state index is 15.0. The molecule has 5 heteroatoms. The summed E-state index contributed by atoms with van der Waals surface area (Å²) in [4.78, 5) is 15.8. The lowest BCUT2D eigenvalue weighted by atomic mass is 9.68. The van der Waals surface area contributed by atoms with Crippen LogP contribution in [0, 0.1) is 5.92 Å². The first-order chi connectivity index (χ1) is 10.9. The van der Waals surface area contributed by atoms with Crippen molar-refractivity contribution in [1.82, 2.24) is 9.80 Å². The molecule has 0 bridgehead atoms. The van der Waals surface area contributed by atoms with Crippen LogP contribution >= 0.6 is 11.6 Å². The first kappa shape index (κ1) is 16.7. The first-order valence-corrected chi connectivity index (χ1v) is 8.68. The fraction of sp³-hybridized carbons (Fsp3) is 0.611. The lowest BCUT2D eigenvalue weighted by molar-refractivity contribution is -0.142. The van der Waals surface area contributed by atoms with Gasteiger partial charge in [0, 0.05) is 31.6 Å². The Hall–Kier alpha value is -1.13. The average Bonchev–Trinajstić information content (AvgIpc) is 2.98. The number of carbonyl (C=O) groups excluding carboxylic acids is 1. The van der Waals surface area contributed by atoms with Gasteiger partial charge in [0.1, 0.15) is 5.67 Å². The van der Waals surface area contributed by atoms with Crippen molar-refractivity contribution in [3.8, 4) is 0 Å². The van der Waals surface area contributed by atoms with Gasteiger partial charge >= 0.3 is 0 Å². The molecule has 3 rings (SSSR count). The summed E-state index contributed by atoms with van der Waals surface area (Å²) < 4.78 is 15.0. The maximum Gasteiger partial charge on any atom is 0.225 e. The van der Waals surface area contributed by atoms with Crippen LogP contribution in [0.3, 0.4) is 0 Å². The van der Waals surface area contributed by atoms with Gasteiger partial charge in [-0.2, -0.15) is 0 Å². The van der Waals surface area contributed by atoms with Gasteiger partial charge in [-0.1, -0.05) is 23.7 Å². The Balaban J connectivity index is 1.67. The highest BCUT2D eigenvalue weighted by Gasteiger charge is 2.49. The van der Waals surface area contributed by atoms with Crippen LogP contribution in [0.1, 0.15) is 36.8 Å². The summed E-state index contributed by atoms with van der Waals surface area (Å²) in [5.74, 6) is -0.201. The molecular weight excluding hydrogens is 315 g/mol. The third-order valence-electron chi connectivity index (χ3n) is 5.09. The summed E-state index contributed by atoms with van der Waals surface area (Å²) in [6.45, 7) is 3.05. The van der Waals surface area contributed by atoms with E-state index < -0.39 is 5.67 Å². The molecule has 1 saturated carbocycles. The van der Waals surface area contributed by atoms with Gasteiger partial charge in [-0.15, -0.1) is 0 Å². The number of carbonyl (C=O) groups is 1. The summed E-state index contributed by atoms with van der Waals surface area (Å²) in [6.07, 6.45) is 2.99. The number of likely N-dealkylation sites (tertiary alicyclic amines) is 1. The molecule has 1 aliphatic heterocycles. The predicted molar refractivity (Wildman–Crippen MR) is 90.2 cm³/mol. The molecule has 1 aromatic carbocycles. The average molecular weight is 339 g/mol. The SMILES string of the molecule is CN(C)C(=O)[C@H]1C[C@@](F)(c2ccc(CN3CCCC3)c(Cl)c2)C1. The minimum absolute atomic E-state index is 0.00928. The molecule has 0 spiro atoms. The topological polar surface area (TPSA) is 23.6 Å². The number of rotatable bonds is 4. The van der Waals surface area contributed by atoms with E-state index in [-0.39, 0.29) is 24.7 Å². The van der Waals surface area contributed by atoms with E-state index in [4.69, 9.17) is 11.6 Å². The number of hydrogen-bond acceptors (Lipinski definition) is 2. The number of nitrogens with zero attached hydrogens (tertiary/aromatic N) is 2. The molecule has 3 nitrogen and oxygen atoms in total. The van der Waals surface area contributed by atoms with Crippen LogP contribution in [-0.2, 0) is 17.0 Å². The second-order valence-electron chi connectivity index (χ2n) is 7.09. The molecule has 1 heterocycles. The van der Waals surface area contributed by atoms with E-state index in [1.165, 1.54) is 17.7 Å². The number of halogens is 2. The van der Waals surface area contributed by atoms with Crippen molar-refractivity contribution in [2.24, 2.45) is 5.92 Å². The van der Waals surface area contributed by atoms with E-state index in [0.29, 0.717) is 10.6 Å². The van der Waals surface area contributed by atoms with Crippen LogP contribution in [0.15, 0.2) is 18.2 Å². The quantitative estimate of drug-likeness (QED) is 0.837. The van der Waals surface area contributed by atoms with Gasteiger partial charge in [-0.25, -0.2) is 4.39 Å². The minimum Gasteiger partial charge on any atom is -0.349 e. The highest BCUT2D eigenvalue weighted by molar-refractivity contribution is 6.31. The molecule has 126 valence electrons. The Morgan fingerprint density at radius 3 is 2.57 bits per heavy atom. The van der Waals surface area contributed by atoms with Crippen LogP contribution in [0.2, 0.25) is 5.02 Å². The zero-order valence-corrected chi connectivity index (χ0v) is 14.6. The molecule has 1 saturated heterocycles. The molecule has 0 atom stereocenters. The zero-order chi connectivity index (χ0) is 16.6. The van der Waals surface area contributed by atoms with Gasteiger partial charge in [0.05, 0.1) is 0 Å². The van der Waals surface area contributed by atoms with Crippen LogP contribution in [0.25, 0.3) is 0 Å². The summed E-state index contributed by atoms with van der Waals surface area (Å²) in [5, 5.41) is 0.633. The van der Waals surface area contributed by atoms with Crippen LogP contribution < -0.4 is 0 Å². The van der Waals surface area contributed by atoms with Crippen molar-refractivity contribution in [1.29, 1.82) is 0 Å². The van der Waals surface area contributed by atoms with E-state index in [1.807, 2.05) is 12.1 Å². The number of benzene rings is 1. The summed E-state index contributed by atoms with van der Waals surface area (Å²) in [6, 6.07) is 5.54. The van der Waals surface area contributed by atoms with Gasteiger partial charge in [-0.3, -0.25) is 9.69 Å². The molecule has 0 radical (unpaired) electrons. The molecule has 1 aliphatic carbocycles. The highest BCUT2D eigenvalue weighted by Crippen LogP contribution is 2.50. The fourth-order valence-corrected chi connectivity index (χ4v) is 3.87. The van der Waals surface area contributed by atoms with Crippen LogP contribution in [0.5, 0.6) is 0 Å². The number of amides is 1. The van der Waals surface area contributed by atoms with Gasteiger partial charge in [0.2, 0.25) is 5.91 Å². The standard InChI is InChI=1S/C18H24ClFN2O/c1-21(2)17(23)14-10-18(20,11-14)15-6-5-13(16(19)9-15)12-22-7-3-4-8-22/h5-6,9,14H,3-4,7-8,10-12H2,1-2H3/t14-,18-. The van der Waals surface area contributed by atoms with Gasteiger partial charge in [0.25, 0.3) is 0 Å². The predicted octanol–water partition coefficient (Wildman–Crippen LogP) is 3.60. The van der Waals surface area contributed by atoms with Crippen molar-refractivity contribution < 1.29 is 9.18 Å². The Morgan fingerprint density at radius 2 is 2.00 bits per heavy atom. The molecule has 2 aliphatic rings. The number of alkyl halides is 1. The summed E-state index contributed by atoms with van der Waals surface area (Å²) >= 11 is 6.38. The third-order valence-corrected chi connectivity index (χ3v) is 5.44. The largest absolute Gasteiger partial charge is 0.349 e. The van der Waals surface area contributed by atoms with Crippen molar-refractivity contribution in [2.45, 2.75) is 37.9 Å². The molecule has 1 amide bonds. The van der Waals surface area contributed by atoms with Crippen molar-refractivity contribution in [3.63, 3.8) is 0 Å². The molecule has 2 fully saturated rings. The van der Waals surface area contributed by atoms with Crippen LogP contribution in [-0.4, -0.2) is 42.9 Å². The van der Waals surface area contributed by atoms with Gasteiger partial charge in [0.15, 0.2) is 0 Å². The fourth-order valence-electron chi connectivity index (χ4n) is 3.63. The Labute approximate surface area is 142 Å². The third kappa shape index (κ3) is 3.38. The lowest BCUT2D eigenvalue weighted by Crippen LogP contribution is -2.45. The van der Waals surface area contributed by atoms with E-state index in [2.05, 4.69) is 4.90 Å². The van der Waals surface area contributed by atoms with Crippen molar-refractivity contribution in [3.05, 3.63) is 34.3 Å². The smallest absolute Gasteiger partial charge is 0.225 e. The lowest BCUT2D eigenvalue weighted by Gasteiger charge is -2.41. The monoisotopic (exact) mass is 338 g/mol. The van der Waals surface area contributed by atoms with E-state index in [1.54, 1.807) is 20.2 Å². The minimum atomic E-state index is -1.41. The molecule has 0 unspecified atom stereocenters. The van der Waals surface area contributed by atoms with Gasteiger partial charge < -0.3 is 4.90 Å².